The van der Waals surface area contributed by atoms with Crippen LogP contribution in [0.1, 0.15) is 19.3 Å². The van der Waals surface area contributed by atoms with Crippen LogP contribution in [0.5, 0.6) is 0 Å². The molecule has 2 aliphatic rings. The van der Waals surface area contributed by atoms with Crippen LogP contribution in [0.15, 0.2) is 0 Å². The Morgan fingerprint density at radius 2 is 1.92 bits per heavy atom. The summed E-state index contributed by atoms with van der Waals surface area (Å²) in [6, 6.07) is 0.381. The molecule has 4 heteroatoms. The fraction of sp³-hybridized carbons (Fsp3) is 0.875. The average molecular weight is 171 g/mol. The van der Waals surface area contributed by atoms with E-state index < -0.39 is 6.29 Å². The zero-order valence-electron chi connectivity index (χ0n) is 6.91. The van der Waals surface area contributed by atoms with E-state index in [1.807, 2.05) is 0 Å². The SMILES string of the molecule is O=C(NC1CC1)C1OCCCO1. The molecule has 0 unspecified atom stereocenters. The highest BCUT2D eigenvalue weighted by atomic mass is 16.7. The number of hydrogen-bond acceptors (Lipinski definition) is 3. The van der Waals surface area contributed by atoms with Gasteiger partial charge in [-0.3, -0.25) is 4.79 Å². The van der Waals surface area contributed by atoms with E-state index in [1.165, 1.54) is 0 Å². The smallest absolute Gasteiger partial charge is 0.277 e. The van der Waals surface area contributed by atoms with Gasteiger partial charge in [-0.25, -0.2) is 0 Å². The minimum absolute atomic E-state index is 0.114. The van der Waals surface area contributed by atoms with Crippen molar-refractivity contribution >= 4 is 5.91 Å². The van der Waals surface area contributed by atoms with Crippen LogP contribution in [0, 0.1) is 0 Å². The zero-order chi connectivity index (χ0) is 8.39. The predicted octanol–water partition coefficient (Wildman–Crippen LogP) is 0.0280. The molecular weight excluding hydrogens is 158 g/mol. The van der Waals surface area contributed by atoms with Crippen molar-refractivity contribution in [3.63, 3.8) is 0 Å². The number of ether oxygens (including phenoxy) is 2. The molecule has 4 nitrogen and oxygen atoms in total. The minimum Gasteiger partial charge on any atom is -0.349 e. The number of rotatable bonds is 2. The van der Waals surface area contributed by atoms with Gasteiger partial charge in [-0.1, -0.05) is 0 Å². The van der Waals surface area contributed by atoms with E-state index in [2.05, 4.69) is 5.32 Å². The molecule has 1 aliphatic heterocycles. The molecule has 1 aliphatic carbocycles. The molecule has 0 atom stereocenters. The van der Waals surface area contributed by atoms with Gasteiger partial charge in [0.15, 0.2) is 0 Å². The summed E-state index contributed by atoms with van der Waals surface area (Å²) in [6.07, 6.45) is 2.42. The molecule has 2 rings (SSSR count). The van der Waals surface area contributed by atoms with E-state index in [-0.39, 0.29) is 5.91 Å². The van der Waals surface area contributed by atoms with E-state index in [4.69, 9.17) is 9.47 Å². The number of hydrogen-bond donors (Lipinski definition) is 1. The quantitative estimate of drug-likeness (QED) is 0.637. The standard InChI is InChI=1S/C8H13NO3/c10-7(9-6-2-3-6)8-11-4-1-5-12-8/h6,8H,1-5H2,(H,9,10). The Kier molecular flexibility index (Phi) is 2.28. The van der Waals surface area contributed by atoms with Crippen molar-refractivity contribution in [2.24, 2.45) is 0 Å². The number of carbonyl (C=O) groups is 1. The first-order chi connectivity index (χ1) is 5.86. The second kappa shape index (κ2) is 3.41. The van der Waals surface area contributed by atoms with E-state index >= 15 is 0 Å². The maximum atomic E-state index is 11.3. The lowest BCUT2D eigenvalue weighted by molar-refractivity contribution is -0.190. The molecule has 68 valence electrons. The molecule has 1 saturated heterocycles. The van der Waals surface area contributed by atoms with Gasteiger partial charge in [0.2, 0.25) is 6.29 Å². The molecule has 1 amide bonds. The van der Waals surface area contributed by atoms with Crippen LogP contribution in [0.25, 0.3) is 0 Å². The molecule has 0 aromatic rings. The van der Waals surface area contributed by atoms with Crippen LogP contribution < -0.4 is 5.32 Å². The number of amides is 1. The lowest BCUT2D eigenvalue weighted by Crippen LogP contribution is -2.41. The van der Waals surface area contributed by atoms with Crippen molar-refractivity contribution < 1.29 is 14.3 Å². The van der Waals surface area contributed by atoms with E-state index in [9.17, 15) is 4.79 Å². The largest absolute Gasteiger partial charge is 0.349 e. The van der Waals surface area contributed by atoms with Crippen LogP contribution >= 0.6 is 0 Å². The van der Waals surface area contributed by atoms with E-state index in [0.717, 1.165) is 19.3 Å². The van der Waals surface area contributed by atoms with Gasteiger partial charge in [0, 0.05) is 6.04 Å². The summed E-state index contributed by atoms with van der Waals surface area (Å²) in [4.78, 5) is 11.3. The van der Waals surface area contributed by atoms with Crippen LogP contribution in [0.3, 0.4) is 0 Å². The molecule has 0 aromatic carbocycles. The summed E-state index contributed by atoms with van der Waals surface area (Å²) in [6.45, 7) is 1.26. The van der Waals surface area contributed by atoms with Gasteiger partial charge in [0.1, 0.15) is 0 Å². The first-order valence-electron chi connectivity index (χ1n) is 4.40. The summed E-state index contributed by atoms with van der Waals surface area (Å²) in [5, 5.41) is 2.83. The van der Waals surface area contributed by atoms with Crippen LogP contribution in [-0.4, -0.2) is 31.5 Å². The minimum atomic E-state index is -0.653. The van der Waals surface area contributed by atoms with Crippen molar-refractivity contribution in [2.75, 3.05) is 13.2 Å². The fourth-order valence-electron chi connectivity index (χ4n) is 1.14. The first kappa shape index (κ1) is 8.01. The Hall–Kier alpha value is -0.610. The molecule has 2 fully saturated rings. The molecular formula is C8H13NO3. The Morgan fingerprint density at radius 3 is 2.50 bits per heavy atom. The van der Waals surface area contributed by atoms with Crippen LogP contribution in [0.2, 0.25) is 0 Å². The van der Waals surface area contributed by atoms with E-state index in [1.54, 1.807) is 0 Å². The number of nitrogens with one attached hydrogen (secondary N) is 1. The van der Waals surface area contributed by atoms with Gasteiger partial charge in [0.25, 0.3) is 5.91 Å². The molecule has 0 bridgehead atoms. The molecule has 0 spiro atoms. The highest BCUT2D eigenvalue weighted by Crippen LogP contribution is 2.19. The molecule has 0 radical (unpaired) electrons. The first-order valence-corrected chi connectivity index (χ1v) is 4.40. The maximum Gasteiger partial charge on any atom is 0.277 e. The van der Waals surface area contributed by atoms with Crippen molar-refractivity contribution in [3.05, 3.63) is 0 Å². The Balaban J connectivity index is 1.76. The molecule has 0 aromatic heterocycles. The Morgan fingerprint density at radius 1 is 1.25 bits per heavy atom. The Bertz CT molecular complexity index is 173. The molecule has 1 N–H and O–H groups in total. The predicted molar refractivity (Wildman–Crippen MR) is 41.5 cm³/mol. The lowest BCUT2D eigenvalue weighted by atomic mass is 10.4. The van der Waals surface area contributed by atoms with Gasteiger partial charge in [0.05, 0.1) is 13.2 Å². The average Bonchev–Trinajstić information content (AvgIpc) is 2.90. The summed E-state index contributed by atoms with van der Waals surface area (Å²) in [7, 11) is 0. The lowest BCUT2D eigenvalue weighted by Gasteiger charge is -2.21. The summed E-state index contributed by atoms with van der Waals surface area (Å²) >= 11 is 0. The third kappa shape index (κ3) is 1.95. The van der Waals surface area contributed by atoms with Crippen molar-refractivity contribution in [3.8, 4) is 0 Å². The number of carbonyl (C=O) groups excluding carboxylic acids is 1. The van der Waals surface area contributed by atoms with Crippen LogP contribution in [-0.2, 0) is 14.3 Å². The molecule has 12 heavy (non-hydrogen) atoms. The third-order valence-corrected chi connectivity index (χ3v) is 1.96. The highest BCUT2D eigenvalue weighted by molar-refractivity contribution is 5.80. The molecule has 1 heterocycles. The van der Waals surface area contributed by atoms with Crippen molar-refractivity contribution in [2.45, 2.75) is 31.6 Å². The maximum absolute atomic E-state index is 11.3. The normalized spacial score (nSPS) is 25.3. The van der Waals surface area contributed by atoms with Crippen molar-refractivity contribution in [1.29, 1.82) is 0 Å². The van der Waals surface area contributed by atoms with Gasteiger partial charge in [-0.05, 0) is 19.3 Å². The summed E-state index contributed by atoms with van der Waals surface area (Å²) < 4.78 is 10.3. The monoisotopic (exact) mass is 171 g/mol. The molecule has 1 saturated carbocycles. The summed E-state index contributed by atoms with van der Waals surface area (Å²) in [5.41, 5.74) is 0. The van der Waals surface area contributed by atoms with Gasteiger partial charge >= 0.3 is 0 Å². The fourth-order valence-corrected chi connectivity index (χ4v) is 1.14. The second-order valence-corrected chi connectivity index (χ2v) is 3.21. The summed E-state index contributed by atoms with van der Waals surface area (Å²) in [5.74, 6) is -0.114. The van der Waals surface area contributed by atoms with Gasteiger partial charge in [-0.2, -0.15) is 0 Å². The van der Waals surface area contributed by atoms with E-state index in [0.29, 0.717) is 19.3 Å². The van der Waals surface area contributed by atoms with Gasteiger partial charge in [-0.15, -0.1) is 0 Å². The topological polar surface area (TPSA) is 47.6 Å². The third-order valence-electron chi connectivity index (χ3n) is 1.96. The van der Waals surface area contributed by atoms with Crippen molar-refractivity contribution in [1.82, 2.24) is 5.32 Å². The van der Waals surface area contributed by atoms with Gasteiger partial charge < -0.3 is 14.8 Å². The highest BCUT2D eigenvalue weighted by Gasteiger charge is 2.29. The Labute approximate surface area is 71.2 Å². The zero-order valence-corrected chi connectivity index (χ0v) is 6.91. The van der Waals surface area contributed by atoms with Crippen LogP contribution in [0.4, 0.5) is 0 Å². The second-order valence-electron chi connectivity index (χ2n) is 3.21.